The molecule has 0 aliphatic heterocycles. The molecule has 1 aromatic heterocycles. The van der Waals surface area contributed by atoms with Crippen molar-refractivity contribution in [2.75, 3.05) is 5.43 Å². The molecule has 0 saturated carbocycles. The van der Waals surface area contributed by atoms with E-state index in [0.29, 0.717) is 15.7 Å². The number of hydrazone groups is 1. The van der Waals surface area contributed by atoms with Gasteiger partial charge in [-0.3, -0.25) is 5.43 Å². The lowest BCUT2D eigenvalue weighted by molar-refractivity contribution is 0.625. The molecule has 0 amide bonds. The first-order valence-corrected chi connectivity index (χ1v) is 8.40. The summed E-state index contributed by atoms with van der Waals surface area (Å²) in [6, 6.07) is 14.1. The van der Waals surface area contributed by atoms with Gasteiger partial charge >= 0.3 is 0 Å². The van der Waals surface area contributed by atoms with Crippen molar-refractivity contribution in [2.45, 2.75) is 0 Å². The van der Waals surface area contributed by atoms with E-state index >= 15 is 0 Å². The second-order valence-corrected chi connectivity index (χ2v) is 6.11. The zero-order chi connectivity index (χ0) is 16.8. The van der Waals surface area contributed by atoms with Crippen LogP contribution in [0.4, 0.5) is 9.52 Å². The summed E-state index contributed by atoms with van der Waals surface area (Å²) < 4.78 is 13.4. The summed E-state index contributed by atoms with van der Waals surface area (Å²) in [6.45, 7) is 0. The van der Waals surface area contributed by atoms with Gasteiger partial charge in [-0.05, 0) is 24.3 Å². The van der Waals surface area contributed by atoms with E-state index in [2.05, 4.69) is 15.5 Å². The highest BCUT2D eigenvalue weighted by molar-refractivity contribution is 7.14. The van der Waals surface area contributed by atoms with E-state index < -0.39 is 0 Å². The van der Waals surface area contributed by atoms with Crippen molar-refractivity contribution in [2.24, 2.45) is 5.10 Å². The van der Waals surface area contributed by atoms with E-state index in [9.17, 15) is 4.39 Å². The summed E-state index contributed by atoms with van der Waals surface area (Å²) in [6.07, 6.45) is 4.87. The van der Waals surface area contributed by atoms with Crippen LogP contribution in [0.1, 0.15) is 5.56 Å². The van der Waals surface area contributed by atoms with Crippen molar-refractivity contribution >= 4 is 40.4 Å². The van der Waals surface area contributed by atoms with Crippen molar-refractivity contribution in [3.63, 3.8) is 0 Å². The van der Waals surface area contributed by atoms with E-state index in [0.717, 1.165) is 11.3 Å². The number of nitrogens with zero attached hydrogens (tertiary/aromatic N) is 2. The minimum Gasteiger partial charge on any atom is -0.253 e. The van der Waals surface area contributed by atoms with Crippen LogP contribution < -0.4 is 5.43 Å². The second-order valence-electron chi connectivity index (χ2n) is 4.82. The van der Waals surface area contributed by atoms with Crippen molar-refractivity contribution < 1.29 is 4.39 Å². The quantitative estimate of drug-likeness (QED) is 0.468. The van der Waals surface area contributed by atoms with Gasteiger partial charge in [0.1, 0.15) is 5.82 Å². The number of benzene rings is 2. The zero-order valence-electron chi connectivity index (χ0n) is 12.5. The number of hydrogen-bond acceptors (Lipinski definition) is 4. The molecule has 0 saturated heterocycles. The molecule has 0 atom stereocenters. The summed E-state index contributed by atoms with van der Waals surface area (Å²) in [7, 11) is 0. The molecule has 0 spiro atoms. The lowest BCUT2D eigenvalue weighted by Gasteiger charge is -1.96. The molecule has 3 aromatic rings. The molecule has 24 heavy (non-hydrogen) atoms. The van der Waals surface area contributed by atoms with Crippen LogP contribution in [0.2, 0.25) is 5.02 Å². The van der Waals surface area contributed by atoms with Gasteiger partial charge in [0.2, 0.25) is 5.13 Å². The Hall–Kier alpha value is -2.50. The fourth-order valence-corrected chi connectivity index (χ4v) is 2.77. The number of allylic oxidation sites excluding steroid dienone is 1. The first-order chi connectivity index (χ1) is 11.7. The molecular weight excluding hydrogens is 345 g/mol. The Labute approximate surface area is 148 Å². The van der Waals surface area contributed by atoms with Crippen LogP contribution in [0, 0.1) is 5.82 Å². The van der Waals surface area contributed by atoms with E-state index in [-0.39, 0.29) is 5.82 Å². The smallest absolute Gasteiger partial charge is 0.203 e. The van der Waals surface area contributed by atoms with Gasteiger partial charge in [-0.25, -0.2) is 9.37 Å². The Morgan fingerprint density at radius 3 is 2.71 bits per heavy atom. The van der Waals surface area contributed by atoms with Crippen LogP contribution >= 0.6 is 22.9 Å². The Kier molecular flexibility index (Phi) is 5.36. The van der Waals surface area contributed by atoms with Gasteiger partial charge in [0.15, 0.2) is 0 Å². The van der Waals surface area contributed by atoms with Crippen molar-refractivity contribution in [3.8, 4) is 11.3 Å². The van der Waals surface area contributed by atoms with Gasteiger partial charge in [0, 0.05) is 27.7 Å². The van der Waals surface area contributed by atoms with Crippen LogP contribution in [0.3, 0.4) is 0 Å². The van der Waals surface area contributed by atoms with Crippen LogP contribution in [0.15, 0.2) is 65.1 Å². The van der Waals surface area contributed by atoms with Crippen LogP contribution in [-0.2, 0) is 0 Å². The topological polar surface area (TPSA) is 37.3 Å². The van der Waals surface area contributed by atoms with Crippen LogP contribution in [-0.4, -0.2) is 11.2 Å². The van der Waals surface area contributed by atoms with Crippen molar-refractivity contribution in [1.29, 1.82) is 0 Å². The number of aromatic nitrogens is 1. The van der Waals surface area contributed by atoms with E-state index in [1.165, 1.54) is 17.4 Å². The molecule has 0 unspecified atom stereocenters. The monoisotopic (exact) mass is 357 g/mol. The maximum Gasteiger partial charge on any atom is 0.203 e. The Bertz CT molecular complexity index is 872. The first kappa shape index (κ1) is 16.4. The summed E-state index contributed by atoms with van der Waals surface area (Å²) in [5.41, 5.74) is 5.22. The number of halogens is 2. The molecule has 3 nitrogen and oxygen atoms in total. The number of anilines is 1. The van der Waals surface area contributed by atoms with E-state index in [1.807, 2.05) is 29.6 Å². The minimum absolute atomic E-state index is 0.261. The van der Waals surface area contributed by atoms with E-state index in [1.54, 1.807) is 36.6 Å². The Balaban J connectivity index is 1.59. The molecule has 0 aliphatic rings. The summed E-state index contributed by atoms with van der Waals surface area (Å²) in [5, 5.41) is 7.36. The summed E-state index contributed by atoms with van der Waals surface area (Å²) in [4.78, 5) is 4.45. The lowest BCUT2D eigenvalue weighted by atomic mass is 10.2. The third-order valence-electron chi connectivity index (χ3n) is 3.15. The zero-order valence-corrected chi connectivity index (χ0v) is 14.1. The van der Waals surface area contributed by atoms with E-state index in [4.69, 9.17) is 11.6 Å². The van der Waals surface area contributed by atoms with Gasteiger partial charge < -0.3 is 0 Å². The fraction of sp³-hybridized carbons (Fsp3) is 0. The highest BCUT2D eigenvalue weighted by atomic mass is 35.5. The minimum atomic E-state index is -0.261. The highest BCUT2D eigenvalue weighted by Gasteiger charge is 2.03. The standard InChI is InChI=1S/C18H13ClFN3S/c19-15-9-7-14(8-10-15)17-12-24-18(22-17)23-21-11-3-5-13-4-1-2-6-16(13)20/h1-12H,(H,22,23)/b5-3+,21-11+. The molecule has 6 heteroatoms. The fourth-order valence-electron chi connectivity index (χ4n) is 1.97. The van der Waals surface area contributed by atoms with Gasteiger partial charge in [0.05, 0.1) is 5.69 Å². The van der Waals surface area contributed by atoms with Crippen molar-refractivity contribution in [3.05, 3.63) is 76.4 Å². The normalized spacial score (nSPS) is 11.4. The van der Waals surface area contributed by atoms with Gasteiger partial charge in [0.25, 0.3) is 0 Å². The van der Waals surface area contributed by atoms with Crippen molar-refractivity contribution in [1.82, 2.24) is 4.98 Å². The Morgan fingerprint density at radius 1 is 1.12 bits per heavy atom. The third kappa shape index (κ3) is 4.28. The largest absolute Gasteiger partial charge is 0.253 e. The molecule has 0 aliphatic carbocycles. The average molecular weight is 358 g/mol. The predicted molar refractivity (Wildman–Crippen MR) is 100 cm³/mol. The maximum atomic E-state index is 13.4. The molecule has 3 rings (SSSR count). The molecular formula is C18H13ClFN3S. The average Bonchev–Trinajstić information content (AvgIpc) is 3.06. The van der Waals surface area contributed by atoms with Gasteiger partial charge in [-0.2, -0.15) is 5.10 Å². The highest BCUT2D eigenvalue weighted by Crippen LogP contribution is 2.25. The number of nitrogens with one attached hydrogen (secondary N) is 1. The second kappa shape index (κ2) is 7.86. The van der Waals surface area contributed by atoms with Gasteiger partial charge in [-0.1, -0.05) is 48.0 Å². The number of hydrogen-bond donors (Lipinski definition) is 1. The lowest BCUT2D eigenvalue weighted by Crippen LogP contribution is -1.87. The first-order valence-electron chi connectivity index (χ1n) is 7.14. The third-order valence-corrected chi connectivity index (χ3v) is 4.14. The molecule has 1 N–H and O–H groups in total. The molecule has 1 heterocycles. The molecule has 0 radical (unpaired) electrons. The molecule has 2 aromatic carbocycles. The number of rotatable bonds is 5. The molecule has 120 valence electrons. The maximum absolute atomic E-state index is 13.4. The van der Waals surface area contributed by atoms with Crippen LogP contribution in [0.5, 0.6) is 0 Å². The van der Waals surface area contributed by atoms with Gasteiger partial charge in [-0.15, -0.1) is 11.3 Å². The Morgan fingerprint density at radius 2 is 1.92 bits per heavy atom. The summed E-state index contributed by atoms with van der Waals surface area (Å²) >= 11 is 7.33. The SMILES string of the molecule is Fc1ccccc1/C=C/C=N/Nc1nc(-c2ccc(Cl)cc2)cs1. The summed E-state index contributed by atoms with van der Waals surface area (Å²) in [5.74, 6) is -0.261. The van der Waals surface area contributed by atoms with Crippen LogP contribution in [0.25, 0.3) is 17.3 Å². The molecule has 0 bridgehead atoms. The number of thiazole rings is 1. The predicted octanol–water partition coefficient (Wildman–Crippen LogP) is 5.71. The molecule has 0 fully saturated rings.